The summed E-state index contributed by atoms with van der Waals surface area (Å²) in [6.45, 7) is 8.05. The number of rotatable bonds is 7. The van der Waals surface area contributed by atoms with Crippen LogP contribution in [0.3, 0.4) is 0 Å². The van der Waals surface area contributed by atoms with Gasteiger partial charge in [-0.2, -0.15) is 0 Å². The molecule has 0 aromatic heterocycles. The van der Waals surface area contributed by atoms with E-state index >= 15 is 0 Å². The second-order valence-corrected chi connectivity index (χ2v) is 3.98. The van der Waals surface area contributed by atoms with E-state index in [9.17, 15) is 4.79 Å². The van der Waals surface area contributed by atoms with E-state index in [0.717, 1.165) is 32.1 Å². The summed E-state index contributed by atoms with van der Waals surface area (Å²) in [4.78, 5) is 11.4. The third kappa shape index (κ3) is 4.86. The van der Waals surface area contributed by atoms with Crippen molar-refractivity contribution in [1.82, 2.24) is 10.6 Å². The van der Waals surface area contributed by atoms with E-state index in [4.69, 9.17) is 0 Å². The monoisotopic (exact) mass is 212 g/mol. The van der Waals surface area contributed by atoms with Gasteiger partial charge in [-0.3, -0.25) is 0 Å². The highest BCUT2D eigenvalue weighted by molar-refractivity contribution is 5.74. The summed E-state index contributed by atoms with van der Waals surface area (Å²) in [6, 6.07) is -0.0984. The second kappa shape index (κ2) is 7.32. The summed E-state index contributed by atoms with van der Waals surface area (Å²) < 4.78 is 0. The van der Waals surface area contributed by atoms with Crippen molar-refractivity contribution in [3.8, 4) is 0 Å². The smallest absolute Gasteiger partial charge is 0.314 e. The Bertz CT molecular complexity index is 196. The standard InChI is InChI=1S/C12H24N2O/c1-5-8-12(9-6-2,10-7-3)14-11(15)13-4/h5H,1,6-10H2,2-4H3,(H2,13,14,15). The highest BCUT2D eigenvalue weighted by Gasteiger charge is 2.28. The molecular formula is C12H24N2O. The molecule has 2 amide bonds. The maximum absolute atomic E-state index is 11.4. The normalized spacial score (nSPS) is 10.9. The maximum Gasteiger partial charge on any atom is 0.314 e. The lowest BCUT2D eigenvalue weighted by molar-refractivity contribution is 0.217. The fourth-order valence-corrected chi connectivity index (χ4v) is 2.04. The summed E-state index contributed by atoms with van der Waals surface area (Å²) in [5.41, 5.74) is -0.106. The Hall–Kier alpha value is -0.990. The van der Waals surface area contributed by atoms with Crippen LogP contribution in [0.4, 0.5) is 4.79 Å². The predicted octanol–water partition coefficient (Wildman–Crippen LogP) is 2.83. The summed E-state index contributed by atoms with van der Waals surface area (Å²) in [5, 5.41) is 5.67. The SMILES string of the molecule is C=CCC(CCC)(CCC)NC(=O)NC. The Morgan fingerprint density at radius 2 is 1.87 bits per heavy atom. The first-order valence-corrected chi connectivity index (χ1v) is 5.75. The van der Waals surface area contributed by atoms with E-state index in [1.165, 1.54) is 0 Å². The molecule has 0 atom stereocenters. The van der Waals surface area contributed by atoms with Crippen LogP contribution in [0.25, 0.3) is 0 Å². The molecule has 15 heavy (non-hydrogen) atoms. The molecule has 0 aliphatic rings. The molecular weight excluding hydrogens is 188 g/mol. The average Bonchev–Trinajstić information content (AvgIpc) is 2.18. The van der Waals surface area contributed by atoms with Crippen molar-refractivity contribution in [1.29, 1.82) is 0 Å². The molecule has 0 unspecified atom stereocenters. The van der Waals surface area contributed by atoms with Gasteiger partial charge in [0, 0.05) is 12.6 Å². The molecule has 0 radical (unpaired) electrons. The minimum atomic E-state index is -0.106. The van der Waals surface area contributed by atoms with Crippen LogP contribution in [0.5, 0.6) is 0 Å². The molecule has 0 aliphatic carbocycles. The van der Waals surface area contributed by atoms with Crippen LogP contribution in [0.2, 0.25) is 0 Å². The van der Waals surface area contributed by atoms with Gasteiger partial charge in [0.1, 0.15) is 0 Å². The molecule has 88 valence electrons. The van der Waals surface area contributed by atoms with E-state index < -0.39 is 0 Å². The maximum atomic E-state index is 11.4. The van der Waals surface area contributed by atoms with Gasteiger partial charge in [0.2, 0.25) is 0 Å². The van der Waals surface area contributed by atoms with Gasteiger partial charge in [-0.05, 0) is 19.3 Å². The van der Waals surface area contributed by atoms with Crippen molar-refractivity contribution in [3.63, 3.8) is 0 Å². The third-order valence-electron chi connectivity index (χ3n) is 2.60. The van der Waals surface area contributed by atoms with Crippen LogP contribution in [-0.4, -0.2) is 18.6 Å². The van der Waals surface area contributed by atoms with Crippen LogP contribution < -0.4 is 10.6 Å². The van der Waals surface area contributed by atoms with Gasteiger partial charge in [-0.1, -0.05) is 32.8 Å². The summed E-state index contributed by atoms with van der Waals surface area (Å²) >= 11 is 0. The highest BCUT2D eigenvalue weighted by Crippen LogP contribution is 2.24. The zero-order chi connectivity index (χ0) is 11.7. The molecule has 2 N–H and O–H groups in total. The number of hydrogen-bond donors (Lipinski definition) is 2. The fraction of sp³-hybridized carbons (Fsp3) is 0.750. The molecule has 0 fully saturated rings. The van der Waals surface area contributed by atoms with Gasteiger partial charge in [0.05, 0.1) is 0 Å². The molecule has 0 saturated carbocycles. The first-order valence-electron chi connectivity index (χ1n) is 5.75. The molecule has 0 saturated heterocycles. The first-order chi connectivity index (χ1) is 7.14. The molecule has 0 aromatic rings. The van der Waals surface area contributed by atoms with Crippen LogP contribution in [-0.2, 0) is 0 Å². The van der Waals surface area contributed by atoms with E-state index in [0.29, 0.717) is 0 Å². The number of hydrogen-bond acceptors (Lipinski definition) is 1. The quantitative estimate of drug-likeness (QED) is 0.626. The highest BCUT2D eigenvalue weighted by atomic mass is 16.2. The Morgan fingerprint density at radius 1 is 1.33 bits per heavy atom. The minimum absolute atomic E-state index is 0.0984. The van der Waals surface area contributed by atoms with Crippen LogP contribution >= 0.6 is 0 Å². The van der Waals surface area contributed by atoms with E-state index in [1.54, 1.807) is 7.05 Å². The molecule has 0 heterocycles. The molecule has 0 spiro atoms. The largest absolute Gasteiger partial charge is 0.341 e. The van der Waals surface area contributed by atoms with Gasteiger partial charge in [0.15, 0.2) is 0 Å². The lowest BCUT2D eigenvalue weighted by atomic mass is 9.85. The second-order valence-electron chi connectivity index (χ2n) is 3.98. The van der Waals surface area contributed by atoms with Crippen molar-refractivity contribution in [2.75, 3.05) is 7.05 Å². The molecule has 0 rings (SSSR count). The van der Waals surface area contributed by atoms with Gasteiger partial charge in [0.25, 0.3) is 0 Å². The Labute approximate surface area is 93.3 Å². The zero-order valence-corrected chi connectivity index (χ0v) is 10.2. The van der Waals surface area contributed by atoms with E-state index in [-0.39, 0.29) is 11.6 Å². The van der Waals surface area contributed by atoms with Crippen LogP contribution in [0.1, 0.15) is 46.0 Å². The van der Waals surface area contributed by atoms with Crippen molar-refractivity contribution in [2.24, 2.45) is 0 Å². The summed E-state index contributed by atoms with van der Waals surface area (Å²) in [5.74, 6) is 0. The first kappa shape index (κ1) is 14.0. The van der Waals surface area contributed by atoms with Crippen molar-refractivity contribution >= 4 is 6.03 Å². The van der Waals surface area contributed by atoms with E-state index in [2.05, 4.69) is 31.1 Å². The molecule has 0 aromatic carbocycles. The minimum Gasteiger partial charge on any atom is -0.341 e. The molecule has 0 bridgehead atoms. The Balaban J connectivity index is 4.58. The van der Waals surface area contributed by atoms with Gasteiger partial charge >= 0.3 is 6.03 Å². The van der Waals surface area contributed by atoms with Gasteiger partial charge in [-0.15, -0.1) is 6.58 Å². The molecule has 0 aliphatic heterocycles. The van der Waals surface area contributed by atoms with Crippen LogP contribution in [0, 0.1) is 0 Å². The average molecular weight is 212 g/mol. The number of carbonyl (C=O) groups is 1. The Morgan fingerprint density at radius 3 is 2.20 bits per heavy atom. The zero-order valence-electron chi connectivity index (χ0n) is 10.2. The Kier molecular flexibility index (Phi) is 6.84. The molecule has 3 nitrogen and oxygen atoms in total. The predicted molar refractivity (Wildman–Crippen MR) is 65.0 cm³/mol. The van der Waals surface area contributed by atoms with Crippen molar-refractivity contribution in [2.45, 2.75) is 51.5 Å². The molecule has 3 heteroatoms. The van der Waals surface area contributed by atoms with E-state index in [1.807, 2.05) is 6.08 Å². The van der Waals surface area contributed by atoms with Gasteiger partial charge in [-0.25, -0.2) is 4.79 Å². The van der Waals surface area contributed by atoms with Gasteiger partial charge < -0.3 is 10.6 Å². The van der Waals surface area contributed by atoms with Crippen molar-refractivity contribution < 1.29 is 4.79 Å². The lowest BCUT2D eigenvalue weighted by Gasteiger charge is -2.33. The number of amides is 2. The fourth-order valence-electron chi connectivity index (χ4n) is 2.04. The number of carbonyl (C=O) groups excluding carboxylic acids is 1. The van der Waals surface area contributed by atoms with Crippen molar-refractivity contribution in [3.05, 3.63) is 12.7 Å². The topological polar surface area (TPSA) is 41.1 Å². The number of nitrogens with one attached hydrogen (secondary N) is 2. The summed E-state index contributed by atoms with van der Waals surface area (Å²) in [6.07, 6.45) is 6.86. The van der Waals surface area contributed by atoms with Crippen LogP contribution in [0.15, 0.2) is 12.7 Å². The third-order valence-corrected chi connectivity index (χ3v) is 2.60. The summed E-state index contributed by atoms with van der Waals surface area (Å²) in [7, 11) is 1.64. The lowest BCUT2D eigenvalue weighted by Crippen LogP contribution is -2.51. The number of urea groups is 1.